The smallest absolute Gasteiger partial charge is 0.146 e. The van der Waals surface area contributed by atoms with Gasteiger partial charge in [-0.15, -0.1) is 0 Å². The molecule has 1 aliphatic carbocycles. The molecule has 0 spiro atoms. The maximum atomic E-state index is 5.93. The monoisotopic (exact) mass is 308 g/mol. The van der Waals surface area contributed by atoms with Gasteiger partial charge in [-0.1, -0.05) is 24.4 Å². The minimum Gasteiger partial charge on any atom is -0.240 e. The molecule has 1 fully saturated rings. The number of hydrogen-bond donors (Lipinski definition) is 0. The minimum absolute atomic E-state index is 0.595. The zero-order valence-electron chi connectivity index (χ0n) is 7.13. The van der Waals surface area contributed by atoms with E-state index in [1.165, 1.54) is 25.7 Å². The molecule has 1 saturated carbocycles. The number of hydrogen-bond acceptors (Lipinski definition) is 2. The molecule has 1 aromatic rings. The summed E-state index contributed by atoms with van der Waals surface area (Å²) in [5, 5.41) is 0.595. The Morgan fingerprint density at radius 1 is 1.31 bits per heavy atom. The molecular weight excluding hydrogens is 298 g/mol. The Bertz CT molecular complexity index is 310. The molecule has 2 nitrogen and oxygen atoms in total. The van der Waals surface area contributed by atoms with Gasteiger partial charge in [-0.3, -0.25) is 0 Å². The van der Waals surface area contributed by atoms with E-state index in [2.05, 4.69) is 32.6 Å². The lowest BCUT2D eigenvalue weighted by Gasteiger charge is -2.10. The second-order valence-electron chi connectivity index (χ2n) is 3.35. The van der Waals surface area contributed by atoms with E-state index in [4.69, 9.17) is 11.6 Å². The molecule has 0 N–H and O–H groups in total. The van der Waals surface area contributed by atoms with E-state index >= 15 is 0 Å². The summed E-state index contributed by atoms with van der Waals surface area (Å²) in [6, 6.07) is 0. The van der Waals surface area contributed by atoms with Crippen LogP contribution < -0.4 is 0 Å². The molecule has 0 atom stereocenters. The van der Waals surface area contributed by atoms with Gasteiger partial charge in [-0.05, 0) is 35.4 Å². The lowest BCUT2D eigenvalue weighted by Crippen LogP contribution is -2.01. The van der Waals surface area contributed by atoms with Gasteiger partial charge in [0.05, 0.1) is 9.26 Å². The second-order valence-corrected chi connectivity index (χ2v) is 4.78. The molecule has 0 saturated heterocycles. The Labute approximate surface area is 96.3 Å². The van der Waals surface area contributed by atoms with E-state index in [-0.39, 0.29) is 0 Å². The lowest BCUT2D eigenvalue weighted by atomic mass is 10.0. The van der Waals surface area contributed by atoms with Gasteiger partial charge < -0.3 is 0 Å². The molecule has 4 heteroatoms. The Morgan fingerprint density at radius 2 is 2.00 bits per heavy atom. The average Bonchev–Trinajstić information content (AvgIpc) is 2.62. The van der Waals surface area contributed by atoms with Crippen molar-refractivity contribution in [2.45, 2.75) is 31.6 Å². The van der Waals surface area contributed by atoms with Crippen LogP contribution in [0.1, 0.15) is 37.3 Å². The summed E-state index contributed by atoms with van der Waals surface area (Å²) in [6.07, 6.45) is 6.72. The second kappa shape index (κ2) is 4.09. The average molecular weight is 309 g/mol. The summed E-state index contributed by atoms with van der Waals surface area (Å²) in [6.45, 7) is 0. The van der Waals surface area contributed by atoms with Crippen LogP contribution in [0.4, 0.5) is 0 Å². The molecule has 1 aliphatic rings. The third-order valence-electron chi connectivity index (χ3n) is 2.52. The summed E-state index contributed by atoms with van der Waals surface area (Å²) in [4.78, 5) is 8.28. The maximum Gasteiger partial charge on any atom is 0.146 e. The predicted octanol–water partition coefficient (Wildman–Crippen LogP) is 3.39. The number of nitrogens with zero attached hydrogens (tertiary/aromatic N) is 2. The van der Waals surface area contributed by atoms with E-state index in [0.717, 1.165) is 9.26 Å². The molecule has 1 aromatic heterocycles. The molecule has 0 amide bonds. The Kier molecular flexibility index (Phi) is 3.03. The number of rotatable bonds is 1. The minimum atomic E-state index is 0.595. The van der Waals surface area contributed by atoms with E-state index in [9.17, 15) is 0 Å². The molecule has 70 valence electrons. The Morgan fingerprint density at radius 3 is 2.69 bits per heavy atom. The fraction of sp³-hybridized carbons (Fsp3) is 0.556. The van der Waals surface area contributed by atoms with Gasteiger partial charge in [-0.25, -0.2) is 9.97 Å². The van der Waals surface area contributed by atoms with Crippen LogP contribution >= 0.6 is 34.2 Å². The number of halogens is 2. The highest BCUT2D eigenvalue weighted by Gasteiger charge is 2.21. The first-order valence-corrected chi connectivity index (χ1v) is 5.90. The summed E-state index contributed by atoms with van der Waals surface area (Å²) in [5.74, 6) is 0.618. The summed E-state index contributed by atoms with van der Waals surface area (Å²) >= 11 is 8.17. The van der Waals surface area contributed by atoms with Crippen LogP contribution in [-0.2, 0) is 0 Å². The normalized spacial score (nSPS) is 18.0. The highest BCUT2D eigenvalue weighted by molar-refractivity contribution is 14.1. The maximum absolute atomic E-state index is 5.93. The Balaban J connectivity index is 2.33. The Hall–Kier alpha value is 0.100. The van der Waals surface area contributed by atoms with Gasteiger partial charge >= 0.3 is 0 Å². The summed E-state index contributed by atoms with van der Waals surface area (Å²) in [7, 11) is 0. The fourth-order valence-electron chi connectivity index (χ4n) is 1.84. The first-order valence-electron chi connectivity index (χ1n) is 4.45. The van der Waals surface area contributed by atoms with Gasteiger partial charge in [0.1, 0.15) is 11.5 Å². The fourth-order valence-corrected chi connectivity index (χ4v) is 2.70. The van der Waals surface area contributed by atoms with Gasteiger partial charge in [0.25, 0.3) is 0 Å². The summed E-state index contributed by atoms with van der Waals surface area (Å²) in [5.41, 5.74) is 1.15. The molecule has 1 heterocycles. The molecule has 0 unspecified atom stereocenters. The van der Waals surface area contributed by atoms with Crippen molar-refractivity contribution in [2.75, 3.05) is 0 Å². The van der Waals surface area contributed by atoms with Crippen molar-refractivity contribution >= 4 is 34.2 Å². The molecule has 0 aliphatic heterocycles. The predicted molar refractivity (Wildman–Crippen MR) is 61.0 cm³/mol. The molecule has 2 rings (SSSR count). The first-order chi connectivity index (χ1) is 6.29. The molecule has 13 heavy (non-hydrogen) atoms. The van der Waals surface area contributed by atoms with E-state index < -0.39 is 0 Å². The topological polar surface area (TPSA) is 25.8 Å². The van der Waals surface area contributed by atoms with Crippen molar-refractivity contribution in [3.8, 4) is 0 Å². The van der Waals surface area contributed by atoms with Crippen LogP contribution in [0.5, 0.6) is 0 Å². The van der Waals surface area contributed by atoms with Gasteiger partial charge in [0.15, 0.2) is 0 Å². The molecule has 0 aromatic carbocycles. The first kappa shape index (κ1) is 9.65. The quantitative estimate of drug-likeness (QED) is 0.587. The number of aromatic nitrogens is 2. The van der Waals surface area contributed by atoms with E-state index in [1.54, 1.807) is 6.33 Å². The van der Waals surface area contributed by atoms with Gasteiger partial charge in [-0.2, -0.15) is 0 Å². The van der Waals surface area contributed by atoms with Crippen LogP contribution in [-0.4, -0.2) is 9.97 Å². The largest absolute Gasteiger partial charge is 0.240 e. The summed E-state index contributed by atoms with van der Waals surface area (Å²) < 4.78 is 1.04. The standard InChI is InChI=1S/C9H10ClIN2/c10-9-7(11)8(12-5-13-9)6-3-1-2-4-6/h5-6H,1-4H2. The third-order valence-corrected chi connectivity index (χ3v) is 4.18. The van der Waals surface area contributed by atoms with E-state index in [0.29, 0.717) is 11.1 Å². The molecule has 0 radical (unpaired) electrons. The third kappa shape index (κ3) is 1.96. The zero-order valence-corrected chi connectivity index (χ0v) is 10.0. The zero-order chi connectivity index (χ0) is 9.26. The van der Waals surface area contributed by atoms with Gasteiger partial charge in [0.2, 0.25) is 0 Å². The SMILES string of the molecule is Clc1ncnc(C2CCCC2)c1I. The van der Waals surface area contributed by atoms with Crippen molar-refractivity contribution in [2.24, 2.45) is 0 Å². The molecule has 0 bridgehead atoms. The van der Waals surface area contributed by atoms with Crippen molar-refractivity contribution in [1.82, 2.24) is 9.97 Å². The lowest BCUT2D eigenvalue weighted by molar-refractivity contribution is 0.688. The van der Waals surface area contributed by atoms with Crippen LogP contribution in [0, 0.1) is 3.57 Å². The van der Waals surface area contributed by atoms with E-state index in [1.807, 2.05) is 0 Å². The van der Waals surface area contributed by atoms with Crippen molar-refractivity contribution in [1.29, 1.82) is 0 Å². The van der Waals surface area contributed by atoms with Crippen molar-refractivity contribution in [3.05, 3.63) is 20.7 Å². The van der Waals surface area contributed by atoms with Crippen LogP contribution in [0.25, 0.3) is 0 Å². The van der Waals surface area contributed by atoms with Crippen molar-refractivity contribution in [3.63, 3.8) is 0 Å². The highest BCUT2D eigenvalue weighted by Crippen LogP contribution is 2.36. The molecular formula is C9H10ClIN2. The van der Waals surface area contributed by atoms with Crippen LogP contribution in [0.3, 0.4) is 0 Å². The van der Waals surface area contributed by atoms with Crippen LogP contribution in [0.2, 0.25) is 5.15 Å². The van der Waals surface area contributed by atoms with Gasteiger partial charge in [0, 0.05) is 5.92 Å². The highest BCUT2D eigenvalue weighted by atomic mass is 127. The van der Waals surface area contributed by atoms with Crippen LogP contribution in [0.15, 0.2) is 6.33 Å². The van der Waals surface area contributed by atoms with Crippen molar-refractivity contribution < 1.29 is 0 Å².